The number of nitrogens with one attached hydrogen (secondary N) is 1. The summed E-state index contributed by atoms with van der Waals surface area (Å²) in [5.74, 6) is -0.229. The SMILES string of the molecule is CN(C)CCCn1c(=S)[nH]c2ccc(F)cc21. The molecule has 3 nitrogen and oxygen atoms in total. The van der Waals surface area contributed by atoms with Gasteiger partial charge in [0.25, 0.3) is 0 Å². The molecule has 1 aromatic carbocycles. The minimum atomic E-state index is -0.229. The zero-order valence-electron chi connectivity index (χ0n) is 10.0. The van der Waals surface area contributed by atoms with Gasteiger partial charge >= 0.3 is 0 Å². The molecule has 2 aromatic rings. The Bertz CT molecular complexity index is 571. The number of rotatable bonds is 4. The lowest BCUT2D eigenvalue weighted by Crippen LogP contribution is -2.15. The molecule has 0 fully saturated rings. The third kappa shape index (κ3) is 2.73. The summed E-state index contributed by atoms with van der Waals surface area (Å²) in [6.07, 6.45) is 0.991. The van der Waals surface area contributed by atoms with Gasteiger partial charge in [0.1, 0.15) is 5.82 Å². The molecule has 0 spiro atoms. The maximum atomic E-state index is 13.2. The summed E-state index contributed by atoms with van der Waals surface area (Å²) in [5.41, 5.74) is 1.73. The van der Waals surface area contributed by atoms with Crippen molar-refractivity contribution in [1.82, 2.24) is 14.5 Å². The highest BCUT2D eigenvalue weighted by atomic mass is 32.1. The molecule has 2 rings (SSSR count). The molecule has 0 saturated heterocycles. The van der Waals surface area contributed by atoms with E-state index in [0.717, 1.165) is 30.5 Å². The van der Waals surface area contributed by atoms with Crippen LogP contribution in [0.25, 0.3) is 11.0 Å². The average Bonchev–Trinajstić information content (AvgIpc) is 2.55. The second-order valence-electron chi connectivity index (χ2n) is 4.40. The zero-order chi connectivity index (χ0) is 12.4. The van der Waals surface area contributed by atoms with Crippen molar-refractivity contribution in [2.24, 2.45) is 0 Å². The normalized spacial score (nSPS) is 11.5. The smallest absolute Gasteiger partial charge is 0.178 e. The van der Waals surface area contributed by atoms with E-state index in [1.165, 1.54) is 12.1 Å². The molecule has 0 aliphatic rings. The molecule has 0 radical (unpaired) electrons. The molecule has 0 unspecified atom stereocenters. The van der Waals surface area contributed by atoms with Crippen molar-refractivity contribution < 1.29 is 4.39 Å². The number of hydrogen-bond donors (Lipinski definition) is 1. The van der Waals surface area contributed by atoms with Gasteiger partial charge in [-0.2, -0.15) is 0 Å². The summed E-state index contributed by atoms with van der Waals surface area (Å²) in [6, 6.07) is 4.69. The van der Waals surface area contributed by atoms with Gasteiger partial charge in [-0.25, -0.2) is 4.39 Å². The fourth-order valence-electron chi connectivity index (χ4n) is 1.89. The number of H-pyrrole nitrogens is 1. The fraction of sp³-hybridized carbons (Fsp3) is 0.417. The van der Waals surface area contributed by atoms with Gasteiger partial charge in [-0.15, -0.1) is 0 Å². The molecule has 92 valence electrons. The molecule has 0 atom stereocenters. The van der Waals surface area contributed by atoms with Gasteiger partial charge in [-0.05, 0) is 57.5 Å². The summed E-state index contributed by atoms with van der Waals surface area (Å²) in [6.45, 7) is 1.80. The summed E-state index contributed by atoms with van der Waals surface area (Å²) in [7, 11) is 4.07. The van der Waals surface area contributed by atoms with E-state index in [4.69, 9.17) is 12.2 Å². The highest BCUT2D eigenvalue weighted by molar-refractivity contribution is 7.71. The third-order valence-electron chi connectivity index (χ3n) is 2.72. The second-order valence-corrected chi connectivity index (χ2v) is 4.79. The number of aryl methyl sites for hydroxylation is 1. The lowest BCUT2D eigenvalue weighted by molar-refractivity contribution is 0.387. The monoisotopic (exact) mass is 253 g/mol. The third-order valence-corrected chi connectivity index (χ3v) is 3.05. The van der Waals surface area contributed by atoms with Crippen molar-refractivity contribution in [3.05, 3.63) is 28.8 Å². The van der Waals surface area contributed by atoms with Crippen LogP contribution in [0, 0.1) is 10.6 Å². The molecule has 0 amide bonds. The van der Waals surface area contributed by atoms with E-state index in [0.29, 0.717) is 4.77 Å². The van der Waals surface area contributed by atoms with Gasteiger partial charge in [-0.1, -0.05) is 0 Å². The number of fused-ring (bicyclic) bond motifs is 1. The van der Waals surface area contributed by atoms with Crippen molar-refractivity contribution >= 4 is 23.3 Å². The zero-order valence-corrected chi connectivity index (χ0v) is 10.9. The first-order valence-corrected chi connectivity index (χ1v) is 6.01. The Morgan fingerprint density at radius 1 is 1.41 bits per heavy atom. The molecule has 1 heterocycles. The number of hydrogen-bond acceptors (Lipinski definition) is 2. The highest BCUT2D eigenvalue weighted by Gasteiger charge is 2.05. The van der Waals surface area contributed by atoms with Crippen molar-refractivity contribution in [3.8, 4) is 0 Å². The average molecular weight is 253 g/mol. The van der Waals surface area contributed by atoms with Gasteiger partial charge in [0.15, 0.2) is 4.77 Å². The molecule has 1 N–H and O–H groups in total. The summed E-state index contributed by atoms with van der Waals surface area (Å²) in [4.78, 5) is 5.21. The van der Waals surface area contributed by atoms with Crippen LogP contribution in [-0.4, -0.2) is 35.1 Å². The van der Waals surface area contributed by atoms with E-state index >= 15 is 0 Å². The predicted molar refractivity (Wildman–Crippen MR) is 70.3 cm³/mol. The first-order chi connectivity index (χ1) is 8.08. The van der Waals surface area contributed by atoms with Crippen LogP contribution in [0.1, 0.15) is 6.42 Å². The van der Waals surface area contributed by atoms with Gasteiger partial charge in [0.05, 0.1) is 11.0 Å². The minimum Gasteiger partial charge on any atom is -0.331 e. The Morgan fingerprint density at radius 3 is 2.88 bits per heavy atom. The number of benzene rings is 1. The van der Waals surface area contributed by atoms with E-state index in [2.05, 4.69) is 9.88 Å². The van der Waals surface area contributed by atoms with Crippen LogP contribution >= 0.6 is 12.2 Å². The molecule has 0 saturated carbocycles. The Morgan fingerprint density at radius 2 is 2.18 bits per heavy atom. The molecule has 1 aromatic heterocycles. The number of nitrogens with zero attached hydrogens (tertiary/aromatic N) is 2. The Labute approximate surface area is 105 Å². The maximum absolute atomic E-state index is 13.2. The molecule has 0 bridgehead atoms. The van der Waals surface area contributed by atoms with Crippen LogP contribution in [0.15, 0.2) is 18.2 Å². The number of aromatic amines is 1. The van der Waals surface area contributed by atoms with E-state index in [9.17, 15) is 4.39 Å². The Balaban J connectivity index is 2.29. The fourth-order valence-corrected chi connectivity index (χ4v) is 2.19. The van der Waals surface area contributed by atoms with Crippen LogP contribution in [-0.2, 0) is 6.54 Å². The lowest BCUT2D eigenvalue weighted by Gasteiger charge is -2.10. The van der Waals surface area contributed by atoms with Crippen LogP contribution in [0.4, 0.5) is 4.39 Å². The summed E-state index contributed by atoms with van der Waals surface area (Å²) < 4.78 is 15.8. The number of imidazole rings is 1. The lowest BCUT2D eigenvalue weighted by atomic mass is 10.3. The van der Waals surface area contributed by atoms with Gasteiger partial charge < -0.3 is 14.5 Å². The van der Waals surface area contributed by atoms with Gasteiger partial charge in [-0.3, -0.25) is 0 Å². The van der Waals surface area contributed by atoms with Crippen LogP contribution < -0.4 is 0 Å². The second kappa shape index (κ2) is 4.98. The number of halogens is 1. The van der Waals surface area contributed by atoms with E-state index < -0.39 is 0 Å². The molecule has 5 heteroatoms. The van der Waals surface area contributed by atoms with Gasteiger partial charge in [0.2, 0.25) is 0 Å². The standard InChI is InChI=1S/C12H16FN3S/c1-15(2)6-3-7-16-11-8-9(13)4-5-10(11)14-12(16)17/h4-5,8H,3,6-7H2,1-2H3,(H,14,17). The Hall–Kier alpha value is -1.20. The quantitative estimate of drug-likeness (QED) is 0.847. The van der Waals surface area contributed by atoms with E-state index in [1.54, 1.807) is 6.07 Å². The molecular weight excluding hydrogens is 237 g/mol. The van der Waals surface area contributed by atoms with Crippen LogP contribution in [0.5, 0.6) is 0 Å². The predicted octanol–water partition coefficient (Wildman–Crippen LogP) is 2.79. The van der Waals surface area contributed by atoms with Crippen molar-refractivity contribution in [1.29, 1.82) is 0 Å². The van der Waals surface area contributed by atoms with Crippen molar-refractivity contribution in [2.45, 2.75) is 13.0 Å². The molecule has 0 aliphatic heterocycles. The summed E-state index contributed by atoms with van der Waals surface area (Å²) >= 11 is 5.25. The van der Waals surface area contributed by atoms with Crippen LogP contribution in [0.2, 0.25) is 0 Å². The highest BCUT2D eigenvalue weighted by Crippen LogP contribution is 2.16. The molecule has 0 aliphatic carbocycles. The van der Waals surface area contributed by atoms with Crippen molar-refractivity contribution in [3.63, 3.8) is 0 Å². The van der Waals surface area contributed by atoms with Crippen molar-refractivity contribution in [2.75, 3.05) is 20.6 Å². The Kier molecular flexibility index (Phi) is 3.59. The molecule has 17 heavy (non-hydrogen) atoms. The largest absolute Gasteiger partial charge is 0.331 e. The maximum Gasteiger partial charge on any atom is 0.178 e. The summed E-state index contributed by atoms with van der Waals surface area (Å²) in [5, 5.41) is 0. The van der Waals surface area contributed by atoms with E-state index in [1.807, 2.05) is 18.7 Å². The minimum absolute atomic E-state index is 0.229. The first-order valence-electron chi connectivity index (χ1n) is 5.61. The molecular formula is C12H16FN3S. The topological polar surface area (TPSA) is 24.0 Å². The van der Waals surface area contributed by atoms with Crippen LogP contribution in [0.3, 0.4) is 0 Å². The first kappa shape index (κ1) is 12.3. The number of aromatic nitrogens is 2. The van der Waals surface area contributed by atoms with E-state index in [-0.39, 0.29) is 5.82 Å². The van der Waals surface area contributed by atoms with Gasteiger partial charge in [0, 0.05) is 6.54 Å².